The number of aromatic nitrogens is 2. The molecule has 1 aromatic carbocycles. The fourth-order valence-electron chi connectivity index (χ4n) is 3.41. The molecule has 144 valence electrons. The average molecular weight is 369 g/mol. The van der Waals surface area contributed by atoms with Gasteiger partial charge in [-0.3, -0.25) is 9.48 Å². The van der Waals surface area contributed by atoms with Gasteiger partial charge in [0, 0.05) is 39.4 Å². The summed E-state index contributed by atoms with van der Waals surface area (Å²) in [4.78, 5) is 29.0. The molecular formula is C20H27N5O2. The molecule has 1 atom stereocenters. The molecule has 0 spiro atoms. The molecule has 0 radical (unpaired) electrons. The van der Waals surface area contributed by atoms with Crippen molar-refractivity contribution in [2.45, 2.75) is 26.3 Å². The monoisotopic (exact) mass is 369 g/mol. The SMILES string of the molecule is Cc1nn(C)cc1C(=O)N1CCCN(C(=O)NC(C)c2ccccc2)CC1. The van der Waals surface area contributed by atoms with Gasteiger partial charge in [0.05, 0.1) is 17.3 Å². The van der Waals surface area contributed by atoms with E-state index in [1.165, 1.54) is 0 Å². The molecule has 3 amide bonds. The molecule has 1 unspecified atom stereocenters. The van der Waals surface area contributed by atoms with Crippen molar-refractivity contribution in [2.75, 3.05) is 26.2 Å². The molecule has 0 bridgehead atoms. The number of hydrogen-bond acceptors (Lipinski definition) is 3. The number of aryl methyl sites for hydroxylation is 2. The first-order valence-corrected chi connectivity index (χ1v) is 9.35. The molecule has 7 nitrogen and oxygen atoms in total. The van der Waals surface area contributed by atoms with E-state index >= 15 is 0 Å². The predicted molar refractivity (Wildman–Crippen MR) is 103 cm³/mol. The average Bonchev–Trinajstić information content (AvgIpc) is 2.86. The standard InChI is InChI=1S/C20H27N5O2/c1-15(17-8-5-4-6-9-17)21-20(27)25-11-7-10-24(12-13-25)19(26)18-14-23(3)22-16(18)2/h4-6,8-9,14-15H,7,10-13H2,1-3H3,(H,21,27). The first-order valence-electron chi connectivity index (χ1n) is 9.35. The molecular weight excluding hydrogens is 342 g/mol. The Morgan fingerprint density at radius 1 is 1.07 bits per heavy atom. The van der Waals surface area contributed by atoms with Crippen molar-refractivity contribution in [1.29, 1.82) is 0 Å². The van der Waals surface area contributed by atoms with E-state index in [1.54, 1.807) is 15.8 Å². The van der Waals surface area contributed by atoms with Gasteiger partial charge in [0.2, 0.25) is 0 Å². The molecule has 1 aliphatic rings. The summed E-state index contributed by atoms with van der Waals surface area (Å²) in [5.41, 5.74) is 2.44. The Kier molecular flexibility index (Phi) is 5.78. The van der Waals surface area contributed by atoms with E-state index in [0.29, 0.717) is 31.7 Å². The zero-order valence-electron chi connectivity index (χ0n) is 16.2. The molecule has 1 N–H and O–H groups in total. The molecule has 0 saturated carbocycles. The van der Waals surface area contributed by atoms with Crippen LogP contribution in [0.2, 0.25) is 0 Å². The van der Waals surface area contributed by atoms with Crippen molar-refractivity contribution in [3.63, 3.8) is 0 Å². The lowest BCUT2D eigenvalue weighted by Gasteiger charge is -2.24. The molecule has 1 saturated heterocycles. The highest BCUT2D eigenvalue weighted by atomic mass is 16.2. The van der Waals surface area contributed by atoms with Crippen LogP contribution in [0, 0.1) is 6.92 Å². The van der Waals surface area contributed by atoms with Crippen LogP contribution in [0.1, 0.15) is 41.0 Å². The van der Waals surface area contributed by atoms with Crippen LogP contribution in [0.3, 0.4) is 0 Å². The van der Waals surface area contributed by atoms with Crippen LogP contribution >= 0.6 is 0 Å². The molecule has 3 rings (SSSR count). The molecule has 1 aromatic heterocycles. The van der Waals surface area contributed by atoms with Gasteiger partial charge in [-0.1, -0.05) is 30.3 Å². The number of amides is 3. The zero-order chi connectivity index (χ0) is 19.4. The van der Waals surface area contributed by atoms with E-state index in [4.69, 9.17) is 0 Å². The van der Waals surface area contributed by atoms with Gasteiger partial charge in [0.15, 0.2) is 0 Å². The third-order valence-corrected chi connectivity index (χ3v) is 4.95. The zero-order valence-corrected chi connectivity index (χ0v) is 16.2. The molecule has 1 aliphatic heterocycles. The number of nitrogens with one attached hydrogen (secondary N) is 1. The van der Waals surface area contributed by atoms with E-state index in [-0.39, 0.29) is 18.0 Å². The van der Waals surface area contributed by atoms with Crippen molar-refractivity contribution in [3.8, 4) is 0 Å². The van der Waals surface area contributed by atoms with Crippen LogP contribution in [0.25, 0.3) is 0 Å². The molecule has 1 fully saturated rings. The van der Waals surface area contributed by atoms with Crippen LogP contribution in [0.4, 0.5) is 4.79 Å². The molecule has 27 heavy (non-hydrogen) atoms. The van der Waals surface area contributed by atoms with Gasteiger partial charge in [-0.15, -0.1) is 0 Å². The van der Waals surface area contributed by atoms with Crippen molar-refractivity contribution >= 4 is 11.9 Å². The number of carbonyl (C=O) groups is 2. The highest BCUT2D eigenvalue weighted by Gasteiger charge is 2.25. The Labute approximate surface area is 159 Å². The minimum absolute atomic E-state index is 0.0134. The van der Waals surface area contributed by atoms with Crippen LogP contribution < -0.4 is 5.32 Å². The normalized spacial score (nSPS) is 16.0. The van der Waals surface area contributed by atoms with Gasteiger partial charge >= 0.3 is 6.03 Å². The Balaban J connectivity index is 1.58. The van der Waals surface area contributed by atoms with Gasteiger partial charge in [-0.25, -0.2) is 4.79 Å². The topological polar surface area (TPSA) is 70.5 Å². The first kappa shape index (κ1) is 18.9. The predicted octanol–water partition coefficient (Wildman–Crippen LogP) is 2.35. The summed E-state index contributed by atoms with van der Waals surface area (Å²) in [6, 6.07) is 9.76. The number of nitrogens with zero attached hydrogens (tertiary/aromatic N) is 4. The summed E-state index contributed by atoms with van der Waals surface area (Å²) < 4.78 is 1.66. The fraction of sp³-hybridized carbons (Fsp3) is 0.450. The molecule has 2 heterocycles. The summed E-state index contributed by atoms with van der Waals surface area (Å²) in [7, 11) is 1.81. The van der Waals surface area contributed by atoms with Gasteiger partial charge < -0.3 is 15.1 Å². The summed E-state index contributed by atoms with van der Waals surface area (Å²) in [5, 5.41) is 7.30. The van der Waals surface area contributed by atoms with Crippen LogP contribution in [0.5, 0.6) is 0 Å². The largest absolute Gasteiger partial charge is 0.337 e. The minimum Gasteiger partial charge on any atom is -0.337 e. The van der Waals surface area contributed by atoms with Crippen molar-refractivity contribution < 1.29 is 9.59 Å². The van der Waals surface area contributed by atoms with Gasteiger partial charge in [0.1, 0.15) is 0 Å². The number of benzene rings is 1. The third kappa shape index (κ3) is 4.48. The summed E-state index contributed by atoms with van der Waals surface area (Å²) in [6.07, 6.45) is 2.52. The second-order valence-electron chi connectivity index (χ2n) is 7.02. The highest BCUT2D eigenvalue weighted by Crippen LogP contribution is 2.14. The number of carbonyl (C=O) groups excluding carboxylic acids is 2. The van der Waals surface area contributed by atoms with E-state index in [0.717, 1.165) is 17.7 Å². The quantitative estimate of drug-likeness (QED) is 0.903. The smallest absolute Gasteiger partial charge is 0.317 e. The van der Waals surface area contributed by atoms with E-state index < -0.39 is 0 Å². The maximum absolute atomic E-state index is 12.8. The second kappa shape index (κ2) is 8.24. The molecule has 0 aliphatic carbocycles. The van der Waals surface area contributed by atoms with E-state index in [9.17, 15) is 9.59 Å². The van der Waals surface area contributed by atoms with Crippen molar-refractivity contribution in [3.05, 3.63) is 53.3 Å². The Morgan fingerprint density at radius 3 is 2.41 bits per heavy atom. The third-order valence-electron chi connectivity index (χ3n) is 4.95. The Bertz CT molecular complexity index is 802. The first-order chi connectivity index (χ1) is 13.0. The summed E-state index contributed by atoms with van der Waals surface area (Å²) in [5.74, 6) is -0.0134. The lowest BCUT2D eigenvalue weighted by Crippen LogP contribution is -2.43. The van der Waals surface area contributed by atoms with Gasteiger partial charge in [-0.05, 0) is 25.8 Å². The lowest BCUT2D eigenvalue weighted by molar-refractivity contribution is 0.0761. The van der Waals surface area contributed by atoms with Gasteiger partial charge in [0.25, 0.3) is 5.91 Å². The lowest BCUT2D eigenvalue weighted by atomic mass is 10.1. The summed E-state index contributed by atoms with van der Waals surface area (Å²) >= 11 is 0. The molecule has 2 aromatic rings. The maximum Gasteiger partial charge on any atom is 0.317 e. The number of hydrogen-bond donors (Lipinski definition) is 1. The molecule has 7 heteroatoms. The fourth-order valence-corrected chi connectivity index (χ4v) is 3.41. The highest BCUT2D eigenvalue weighted by molar-refractivity contribution is 5.95. The number of rotatable bonds is 3. The second-order valence-corrected chi connectivity index (χ2v) is 7.02. The van der Waals surface area contributed by atoms with Gasteiger partial charge in [-0.2, -0.15) is 5.10 Å². The van der Waals surface area contributed by atoms with Crippen molar-refractivity contribution in [1.82, 2.24) is 24.9 Å². The van der Waals surface area contributed by atoms with E-state index in [2.05, 4.69) is 10.4 Å². The maximum atomic E-state index is 12.8. The van der Waals surface area contributed by atoms with Crippen molar-refractivity contribution in [2.24, 2.45) is 7.05 Å². The van der Waals surface area contributed by atoms with Crippen LogP contribution in [-0.4, -0.2) is 57.7 Å². The van der Waals surface area contributed by atoms with Crippen LogP contribution in [0.15, 0.2) is 36.5 Å². The Hall–Kier alpha value is -2.83. The minimum atomic E-state index is -0.0850. The Morgan fingerprint density at radius 2 is 1.74 bits per heavy atom. The van der Waals surface area contributed by atoms with Crippen LogP contribution in [-0.2, 0) is 7.05 Å². The summed E-state index contributed by atoms with van der Waals surface area (Å²) in [6.45, 7) is 6.16. The van der Waals surface area contributed by atoms with E-state index in [1.807, 2.05) is 56.1 Å². The number of urea groups is 1.